The fourth-order valence-corrected chi connectivity index (χ4v) is 1.54. The number of nitroso groups, excluding NO2 is 1. The van der Waals surface area contributed by atoms with Crippen LogP contribution in [0.5, 0.6) is 0 Å². The Morgan fingerprint density at radius 2 is 1.90 bits per heavy atom. The third-order valence-corrected chi connectivity index (χ3v) is 2.53. The molecule has 20 heavy (non-hydrogen) atoms. The maximum Gasteiger partial charge on any atom is 0.416 e. The summed E-state index contributed by atoms with van der Waals surface area (Å²) in [6.45, 7) is 1.46. The predicted octanol–water partition coefficient (Wildman–Crippen LogP) is 4.07. The molecular formula is C13H13F3N2O2. The van der Waals surface area contributed by atoms with Crippen LogP contribution in [0.2, 0.25) is 0 Å². The Bertz CT molecular complexity index is 519. The molecule has 1 N–H and O–H groups in total. The highest BCUT2D eigenvalue weighted by molar-refractivity contribution is 6.01. The highest BCUT2D eigenvalue weighted by Gasteiger charge is 2.30. The van der Waals surface area contributed by atoms with E-state index in [4.69, 9.17) is 5.11 Å². The van der Waals surface area contributed by atoms with Gasteiger partial charge in [0.25, 0.3) is 0 Å². The van der Waals surface area contributed by atoms with Crippen LogP contribution in [-0.4, -0.2) is 17.4 Å². The van der Waals surface area contributed by atoms with Crippen LogP contribution >= 0.6 is 0 Å². The Morgan fingerprint density at radius 1 is 1.30 bits per heavy atom. The fraction of sp³-hybridized carbons (Fsp3) is 0.308. The van der Waals surface area contributed by atoms with Gasteiger partial charge in [-0.1, -0.05) is 24.2 Å². The van der Waals surface area contributed by atoms with Crippen molar-refractivity contribution < 1.29 is 18.3 Å². The number of rotatable bonds is 5. The summed E-state index contributed by atoms with van der Waals surface area (Å²) in [5.41, 5.74) is 0.259. The minimum atomic E-state index is -4.39. The van der Waals surface area contributed by atoms with Crippen LogP contribution in [-0.2, 0) is 6.18 Å². The molecule has 0 bridgehead atoms. The molecule has 0 fully saturated rings. The minimum Gasteiger partial charge on any atom is -0.514 e. The lowest BCUT2D eigenvalue weighted by Gasteiger charge is -2.09. The number of halogens is 3. The third kappa shape index (κ3) is 4.18. The molecule has 0 saturated heterocycles. The van der Waals surface area contributed by atoms with E-state index < -0.39 is 11.7 Å². The van der Waals surface area contributed by atoms with Gasteiger partial charge in [-0.15, -0.1) is 0 Å². The topological polar surface area (TPSA) is 62.0 Å². The average Bonchev–Trinajstić information content (AvgIpc) is 2.42. The lowest BCUT2D eigenvalue weighted by Crippen LogP contribution is -2.06. The summed E-state index contributed by atoms with van der Waals surface area (Å²) >= 11 is 0. The normalized spacial score (nSPS) is 13.4. The Labute approximate surface area is 113 Å². The molecular weight excluding hydrogens is 273 g/mol. The van der Waals surface area contributed by atoms with Gasteiger partial charge in [0, 0.05) is 5.71 Å². The van der Waals surface area contributed by atoms with Crippen LogP contribution in [0.25, 0.3) is 0 Å². The number of hydrogen-bond donors (Lipinski definition) is 1. The highest BCUT2D eigenvalue weighted by Crippen LogP contribution is 2.29. The first-order valence-corrected chi connectivity index (χ1v) is 5.80. The molecule has 0 unspecified atom stereocenters. The Morgan fingerprint density at radius 3 is 2.30 bits per heavy atom. The lowest BCUT2D eigenvalue weighted by molar-refractivity contribution is -0.137. The zero-order valence-corrected chi connectivity index (χ0v) is 10.7. The van der Waals surface area contributed by atoms with Crippen molar-refractivity contribution in [2.75, 3.05) is 6.54 Å². The van der Waals surface area contributed by atoms with Gasteiger partial charge < -0.3 is 5.11 Å². The van der Waals surface area contributed by atoms with Gasteiger partial charge in [-0.2, -0.15) is 18.1 Å². The molecule has 0 saturated carbocycles. The summed E-state index contributed by atoms with van der Waals surface area (Å²) in [5, 5.41) is 11.5. The predicted molar refractivity (Wildman–Crippen MR) is 69.6 cm³/mol. The molecule has 0 heterocycles. The first kappa shape index (κ1) is 15.9. The van der Waals surface area contributed by atoms with Gasteiger partial charge in [0.15, 0.2) is 0 Å². The number of alkyl halides is 3. The maximum atomic E-state index is 12.4. The minimum absolute atomic E-state index is 0.0525. The van der Waals surface area contributed by atoms with E-state index in [-0.39, 0.29) is 12.2 Å². The van der Waals surface area contributed by atoms with Crippen molar-refractivity contribution in [1.82, 2.24) is 0 Å². The van der Waals surface area contributed by atoms with E-state index >= 15 is 0 Å². The van der Waals surface area contributed by atoms with Crippen molar-refractivity contribution in [1.29, 1.82) is 0 Å². The van der Waals surface area contributed by atoms with Crippen LogP contribution in [0.1, 0.15) is 24.5 Å². The second-order valence-corrected chi connectivity index (χ2v) is 3.89. The number of hydrogen-bond acceptors (Lipinski definition) is 4. The maximum absolute atomic E-state index is 12.4. The second-order valence-electron chi connectivity index (χ2n) is 3.89. The number of aliphatic hydroxyl groups is 1. The molecule has 1 aromatic carbocycles. The highest BCUT2D eigenvalue weighted by atomic mass is 19.4. The summed E-state index contributed by atoms with van der Waals surface area (Å²) in [6, 6.07) is 4.52. The molecule has 108 valence electrons. The van der Waals surface area contributed by atoms with Gasteiger partial charge in [-0.3, -0.25) is 4.99 Å². The van der Waals surface area contributed by atoms with Crippen LogP contribution in [0.15, 0.2) is 46.4 Å². The number of aliphatic imine (C=N–C) groups is 1. The molecule has 0 aliphatic rings. The molecule has 0 spiro atoms. The van der Waals surface area contributed by atoms with Crippen molar-refractivity contribution in [3.05, 3.63) is 52.3 Å². The number of nitrogens with zero attached hydrogens (tertiary/aromatic N) is 2. The first-order valence-electron chi connectivity index (χ1n) is 5.80. The van der Waals surface area contributed by atoms with Crippen LogP contribution in [0.4, 0.5) is 13.2 Å². The third-order valence-electron chi connectivity index (χ3n) is 2.53. The summed E-state index contributed by atoms with van der Waals surface area (Å²) < 4.78 is 37.3. The van der Waals surface area contributed by atoms with Crippen molar-refractivity contribution in [2.45, 2.75) is 19.5 Å². The standard InChI is InChI=1S/C13H13F3N2O2/c1-2-12(18-11(8-19)7-17-20)9-3-5-10(6-4-9)13(14,15)16/h3-6,8,19H,2,7H2,1H3/b11-8-,18-12?. The smallest absolute Gasteiger partial charge is 0.416 e. The SMILES string of the molecule is CCC(=N/C(=C\O)CN=O)c1ccc(C(F)(F)F)cc1. The molecule has 0 radical (unpaired) electrons. The van der Waals surface area contributed by atoms with E-state index in [0.29, 0.717) is 24.0 Å². The van der Waals surface area contributed by atoms with E-state index in [2.05, 4.69) is 10.2 Å². The van der Waals surface area contributed by atoms with Gasteiger partial charge in [0.05, 0.1) is 11.3 Å². The molecule has 0 aromatic heterocycles. The van der Waals surface area contributed by atoms with E-state index in [1.807, 2.05) is 0 Å². The van der Waals surface area contributed by atoms with Gasteiger partial charge in [0.2, 0.25) is 0 Å². The first-order chi connectivity index (χ1) is 9.42. The second kappa shape index (κ2) is 6.83. The summed E-state index contributed by atoms with van der Waals surface area (Å²) in [6.07, 6.45) is -3.30. The van der Waals surface area contributed by atoms with Gasteiger partial charge >= 0.3 is 6.18 Å². The average molecular weight is 286 g/mol. The Balaban J connectivity index is 3.07. The van der Waals surface area contributed by atoms with Crippen molar-refractivity contribution in [3.63, 3.8) is 0 Å². The molecule has 1 aromatic rings. The van der Waals surface area contributed by atoms with Gasteiger partial charge in [0.1, 0.15) is 12.8 Å². The number of benzene rings is 1. The summed E-state index contributed by atoms with van der Waals surface area (Å²) in [7, 11) is 0. The summed E-state index contributed by atoms with van der Waals surface area (Å²) in [4.78, 5) is 14.2. The molecule has 0 aliphatic carbocycles. The van der Waals surface area contributed by atoms with Crippen molar-refractivity contribution >= 4 is 5.71 Å². The molecule has 0 atom stereocenters. The zero-order valence-electron chi connectivity index (χ0n) is 10.7. The van der Waals surface area contributed by atoms with Gasteiger partial charge in [-0.05, 0) is 24.1 Å². The monoisotopic (exact) mass is 286 g/mol. The van der Waals surface area contributed by atoms with E-state index in [1.165, 1.54) is 12.1 Å². The van der Waals surface area contributed by atoms with Crippen molar-refractivity contribution in [2.24, 2.45) is 10.2 Å². The fourth-order valence-electron chi connectivity index (χ4n) is 1.54. The van der Waals surface area contributed by atoms with Crippen LogP contribution in [0.3, 0.4) is 0 Å². The van der Waals surface area contributed by atoms with Crippen LogP contribution < -0.4 is 0 Å². The zero-order chi connectivity index (χ0) is 15.2. The largest absolute Gasteiger partial charge is 0.514 e. The molecule has 0 amide bonds. The Hall–Kier alpha value is -2.18. The van der Waals surface area contributed by atoms with Gasteiger partial charge in [-0.25, -0.2) is 0 Å². The molecule has 4 nitrogen and oxygen atoms in total. The molecule has 7 heteroatoms. The van der Waals surface area contributed by atoms with E-state index in [9.17, 15) is 18.1 Å². The molecule has 0 aliphatic heterocycles. The quantitative estimate of drug-likeness (QED) is 0.504. The van der Waals surface area contributed by atoms with Crippen molar-refractivity contribution in [3.8, 4) is 0 Å². The molecule has 1 rings (SSSR count). The lowest BCUT2D eigenvalue weighted by atomic mass is 10.1. The van der Waals surface area contributed by atoms with Crippen LogP contribution in [0, 0.1) is 4.91 Å². The Kier molecular flexibility index (Phi) is 5.42. The van der Waals surface area contributed by atoms with E-state index in [1.54, 1.807) is 6.92 Å². The van der Waals surface area contributed by atoms with E-state index in [0.717, 1.165) is 12.1 Å². The summed E-state index contributed by atoms with van der Waals surface area (Å²) in [5.74, 6) is 0. The number of aliphatic hydroxyl groups excluding tert-OH is 1.